The van der Waals surface area contributed by atoms with Gasteiger partial charge in [0, 0.05) is 4.47 Å². The summed E-state index contributed by atoms with van der Waals surface area (Å²) in [5, 5.41) is 0. The minimum atomic E-state index is -4.39. The molecule has 1 aromatic carbocycles. The van der Waals surface area contributed by atoms with E-state index in [2.05, 4.69) is 15.9 Å². The minimum absolute atomic E-state index is 0.0386. The van der Waals surface area contributed by atoms with E-state index in [0.29, 0.717) is 5.75 Å². The van der Waals surface area contributed by atoms with Gasteiger partial charge in [0.1, 0.15) is 0 Å². The molecule has 0 bridgehead atoms. The SMILES string of the molecule is FC(F)(F)c1cc2c(cc1Br)OCO2. The highest BCUT2D eigenvalue weighted by Gasteiger charge is 2.35. The summed E-state index contributed by atoms with van der Waals surface area (Å²) in [7, 11) is 0. The Kier molecular flexibility index (Phi) is 2.10. The smallest absolute Gasteiger partial charge is 0.417 e. The van der Waals surface area contributed by atoms with Gasteiger partial charge in [0.15, 0.2) is 11.5 Å². The van der Waals surface area contributed by atoms with Crippen LogP contribution in [0.5, 0.6) is 11.5 Å². The fraction of sp³-hybridized carbons (Fsp3) is 0.250. The molecule has 0 spiro atoms. The third kappa shape index (κ3) is 1.54. The molecule has 0 atom stereocenters. The summed E-state index contributed by atoms with van der Waals surface area (Å²) in [5.41, 5.74) is -0.762. The van der Waals surface area contributed by atoms with Gasteiger partial charge in [-0.05, 0) is 12.1 Å². The van der Waals surface area contributed by atoms with Crippen molar-refractivity contribution in [3.63, 3.8) is 0 Å². The topological polar surface area (TPSA) is 18.5 Å². The van der Waals surface area contributed by atoms with Crippen LogP contribution in [0.4, 0.5) is 13.2 Å². The number of hydrogen-bond donors (Lipinski definition) is 0. The second-order valence-corrected chi connectivity index (χ2v) is 3.54. The maximum absolute atomic E-state index is 12.4. The van der Waals surface area contributed by atoms with E-state index in [-0.39, 0.29) is 17.0 Å². The molecule has 1 heterocycles. The van der Waals surface area contributed by atoms with Gasteiger partial charge in [0.2, 0.25) is 6.79 Å². The van der Waals surface area contributed by atoms with Gasteiger partial charge in [-0.2, -0.15) is 13.2 Å². The Bertz CT molecular complexity index is 376. The molecule has 0 saturated heterocycles. The van der Waals surface area contributed by atoms with Crippen LogP contribution in [0.2, 0.25) is 0 Å². The second-order valence-electron chi connectivity index (χ2n) is 2.68. The van der Waals surface area contributed by atoms with Gasteiger partial charge in [0.05, 0.1) is 5.56 Å². The standard InChI is InChI=1S/C8H4BrF3O2/c9-5-2-7-6(13-3-14-7)1-4(5)8(10,11)12/h1-2H,3H2. The van der Waals surface area contributed by atoms with Crippen LogP contribution in [0.15, 0.2) is 16.6 Å². The zero-order valence-corrected chi connectivity index (χ0v) is 8.28. The number of hydrogen-bond acceptors (Lipinski definition) is 2. The first-order valence-electron chi connectivity index (χ1n) is 3.65. The van der Waals surface area contributed by atoms with Crippen molar-refractivity contribution < 1.29 is 22.6 Å². The van der Waals surface area contributed by atoms with Crippen LogP contribution in [0, 0.1) is 0 Å². The molecule has 1 aromatic rings. The predicted molar refractivity (Wildman–Crippen MR) is 45.3 cm³/mol. The lowest BCUT2D eigenvalue weighted by molar-refractivity contribution is -0.138. The molecule has 0 aromatic heterocycles. The van der Waals surface area contributed by atoms with Gasteiger partial charge in [-0.25, -0.2) is 0 Å². The largest absolute Gasteiger partial charge is 0.454 e. The van der Waals surface area contributed by atoms with Crippen molar-refractivity contribution >= 4 is 15.9 Å². The van der Waals surface area contributed by atoms with Crippen molar-refractivity contribution in [3.05, 3.63) is 22.2 Å². The molecule has 14 heavy (non-hydrogen) atoms. The minimum Gasteiger partial charge on any atom is -0.454 e. The van der Waals surface area contributed by atoms with Gasteiger partial charge < -0.3 is 9.47 Å². The molecular weight excluding hydrogens is 265 g/mol. The lowest BCUT2D eigenvalue weighted by atomic mass is 10.2. The Morgan fingerprint density at radius 2 is 1.71 bits per heavy atom. The van der Waals surface area contributed by atoms with Crippen molar-refractivity contribution in [2.75, 3.05) is 6.79 Å². The van der Waals surface area contributed by atoms with Gasteiger partial charge >= 0.3 is 6.18 Å². The van der Waals surface area contributed by atoms with Crippen LogP contribution in [0.25, 0.3) is 0 Å². The molecular formula is C8H4BrF3O2. The van der Waals surface area contributed by atoms with E-state index in [1.807, 2.05) is 0 Å². The van der Waals surface area contributed by atoms with E-state index in [1.54, 1.807) is 0 Å². The molecule has 0 N–H and O–H groups in total. The summed E-state index contributed by atoms with van der Waals surface area (Å²) in [6, 6.07) is 2.18. The lowest BCUT2D eigenvalue weighted by Crippen LogP contribution is -2.05. The number of fused-ring (bicyclic) bond motifs is 1. The maximum atomic E-state index is 12.4. The average Bonchev–Trinajstić information content (AvgIpc) is 2.47. The Balaban J connectivity index is 2.53. The predicted octanol–water partition coefficient (Wildman–Crippen LogP) is 3.20. The van der Waals surface area contributed by atoms with E-state index in [0.717, 1.165) is 6.07 Å². The third-order valence-electron chi connectivity index (χ3n) is 1.77. The van der Waals surface area contributed by atoms with Crippen molar-refractivity contribution in [1.82, 2.24) is 0 Å². The number of benzene rings is 1. The molecule has 0 fully saturated rings. The van der Waals surface area contributed by atoms with Gasteiger partial charge in [-0.3, -0.25) is 0 Å². The summed E-state index contributed by atoms with van der Waals surface area (Å²) in [4.78, 5) is 0. The van der Waals surface area contributed by atoms with Gasteiger partial charge in [0.25, 0.3) is 0 Å². The summed E-state index contributed by atoms with van der Waals surface area (Å²) >= 11 is 2.83. The number of alkyl halides is 3. The molecule has 2 rings (SSSR count). The maximum Gasteiger partial charge on any atom is 0.417 e. The van der Waals surface area contributed by atoms with E-state index in [9.17, 15) is 13.2 Å². The Hall–Kier alpha value is -0.910. The monoisotopic (exact) mass is 268 g/mol. The zero-order valence-electron chi connectivity index (χ0n) is 6.69. The van der Waals surface area contributed by atoms with Crippen LogP contribution in [-0.2, 0) is 6.18 Å². The normalized spacial score (nSPS) is 14.6. The van der Waals surface area contributed by atoms with Crippen LogP contribution in [-0.4, -0.2) is 6.79 Å². The van der Waals surface area contributed by atoms with Gasteiger partial charge in [-0.1, -0.05) is 15.9 Å². The van der Waals surface area contributed by atoms with E-state index < -0.39 is 11.7 Å². The van der Waals surface area contributed by atoms with E-state index in [1.165, 1.54) is 6.07 Å². The summed E-state index contributed by atoms with van der Waals surface area (Å²) in [5.74, 6) is 0.449. The van der Waals surface area contributed by atoms with E-state index in [4.69, 9.17) is 9.47 Å². The molecule has 2 nitrogen and oxygen atoms in total. The number of halogens is 4. The fourth-order valence-corrected chi connectivity index (χ4v) is 1.68. The fourth-order valence-electron chi connectivity index (χ4n) is 1.13. The number of rotatable bonds is 0. The molecule has 1 aliphatic rings. The quantitative estimate of drug-likeness (QED) is 0.720. The van der Waals surface area contributed by atoms with Crippen molar-refractivity contribution in [3.8, 4) is 11.5 Å². The summed E-state index contributed by atoms with van der Waals surface area (Å²) in [6.07, 6.45) is -4.39. The summed E-state index contributed by atoms with van der Waals surface area (Å²) < 4.78 is 46.9. The van der Waals surface area contributed by atoms with Crippen LogP contribution < -0.4 is 9.47 Å². The van der Waals surface area contributed by atoms with E-state index >= 15 is 0 Å². The Labute approximate surface area is 85.7 Å². The highest BCUT2D eigenvalue weighted by atomic mass is 79.9. The van der Waals surface area contributed by atoms with Crippen molar-refractivity contribution in [1.29, 1.82) is 0 Å². The Morgan fingerprint density at radius 1 is 1.14 bits per heavy atom. The van der Waals surface area contributed by atoms with Crippen LogP contribution in [0.1, 0.15) is 5.56 Å². The second kappa shape index (κ2) is 3.05. The molecule has 0 radical (unpaired) electrons. The summed E-state index contributed by atoms with van der Waals surface area (Å²) in [6.45, 7) is -0.0386. The highest BCUT2D eigenvalue weighted by molar-refractivity contribution is 9.10. The first-order valence-corrected chi connectivity index (χ1v) is 4.44. The number of ether oxygens (including phenoxy) is 2. The third-order valence-corrected chi connectivity index (χ3v) is 2.42. The molecule has 0 amide bonds. The zero-order chi connectivity index (χ0) is 10.3. The molecule has 76 valence electrons. The van der Waals surface area contributed by atoms with Crippen LogP contribution >= 0.6 is 15.9 Å². The molecule has 1 aliphatic heterocycles. The highest BCUT2D eigenvalue weighted by Crippen LogP contribution is 2.43. The lowest BCUT2D eigenvalue weighted by Gasteiger charge is -2.09. The van der Waals surface area contributed by atoms with Gasteiger partial charge in [-0.15, -0.1) is 0 Å². The molecule has 0 saturated carbocycles. The Morgan fingerprint density at radius 3 is 2.29 bits per heavy atom. The van der Waals surface area contributed by atoms with Crippen LogP contribution in [0.3, 0.4) is 0 Å². The average molecular weight is 269 g/mol. The molecule has 6 heteroatoms. The first kappa shape index (κ1) is 9.64. The van der Waals surface area contributed by atoms with Crippen molar-refractivity contribution in [2.24, 2.45) is 0 Å². The molecule has 0 unspecified atom stereocenters. The van der Waals surface area contributed by atoms with Crippen molar-refractivity contribution in [2.45, 2.75) is 6.18 Å². The molecule has 0 aliphatic carbocycles. The first-order chi connectivity index (χ1) is 6.48.